The first-order chi connectivity index (χ1) is 18.0. The number of rotatable bonds is 12. The van der Waals surface area contributed by atoms with Gasteiger partial charge in [-0.15, -0.1) is 0 Å². The standard InChI is InChI=1S/C28H32O5.C3H6O/c1-4-6-24(30-17-26-19-32-26)7-5-16-28(2,21-8-12-23(29-3)13-9-21)22-10-14-25(15-11-22)31-18-27-20-33-27;1-3-2-4-3/h4-16,26-27H,17-20H2,1-3H3;3H,2H2,1H3/b6-4-,16-5+,24-7+;. The molecule has 0 aliphatic carbocycles. The Bertz CT molecular complexity index is 1060. The summed E-state index contributed by atoms with van der Waals surface area (Å²) in [5.74, 6) is 2.50. The van der Waals surface area contributed by atoms with Gasteiger partial charge < -0.3 is 28.4 Å². The van der Waals surface area contributed by atoms with Crippen LogP contribution in [0.25, 0.3) is 0 Å². The predicted molar refractivity (Wildman–Crippen MR) is 144 cm³/mol. The Labute approximate surface area is 220 Å². The van der Waals surface area contributed by atoms with Crippen molar-refractivity contribution in [3.8, 4) is 11.5 Å². The molecule has 3 aliphatic heterocycles. The molecular weight excluding hydrogens is 468 g/mol. The molecule has 6 heteroatoms. The van der Waals surface area contributed by atoms with Gasteiger partial charge in [0.25, 0.3) is 0 Å². The molecule has 2 aromatic carbocycles. The first kappa shape index (κ1) is 27.0. The first-order valence-electron chi connectivity index (χ1n) is 12.9. The lowest BCUT2D eigenvalue weighted by Crippen LogP contribution is -2.20. The van der Waals surface area contributed by atoms with E-state index in [-0.39, 0.29) is 17.6 Å². The van der Waals surface area contributed by atoms with Crippen molar-refractivity contribution in [2.24, 2.45) is 0 Å². The van der Waals surface area contributed by atoms with Gasteiger partial charge >= 0.3 is 0 Å². The van der Waals surface area contributed by atoms with Gasteiger partial charge in [-0.25, -0.2) is 0 Å². The van der Waals surface area contributed by atoms with E-state index in [4.69, 9.17) is 28.4 Å². The molecule has 0 bridgehead atoms. The SMILES string of the molecule is CC1CO1.C\C=C/C(=C\C=C\C(C)(c1ccc(OC)cc1)c1ccc(OCC2CO2)cc1)OCC1CO1. The Balaban J connectivity index is 0.000000730. The molecule has 0 spiro atoms. The van der Waals surface area contributed by atoms with E-state index in [0.717, 1.165) is 48.2 Å². The summed E-state index contributed by atoms with van der Waals surface area (Å²) < 4.78 is 32.3. The topological polar surface area (TPSA) is 65.3 Å². The quantitative estimate of drug-likeness (QED) is 0.212. The summed E-state index contributed by atoms with van der Waals surface area (Å²) in [6.07, 6.45) is 11.2. The highest BCUT2D eigenvalue weighted by molar-refractivity contribution is 5.47. The van der Waals surface area contributed by atoms with E-state index >= 15 is 0 Å². The third-order valence-corrected chi connectivity index (χ3v) is 6.34. The molecule has 4 unspecified atom stereocenters. The molecule has 6 nitrogen and oxygen atoms in total. The summed E-state index contributed by atoms with van der Waals surface area (Å²) in [5.41, 5.74) is 1.96. The maximum absolute atomic E-state index is 5.88. The van der Waals surface area contributed by atoms with Crippen LogP contribution >= 0.6 is 0 Å². The summed E-state index contributed by atoms with van der Waals surface area (Å²) in [7, 11) is 1.68. The molecule has 0 aromatic heterocycles. The van der Waals surface area contributed by atoms with Gasteiger partial charge in [0.15, 0.2) is 0 Å². The smallest absolute Gasteiger partial charge is 0.119 e. The third-order valence-electron chi connectivity index (χ3n) is 6.34. The summed E-state index contributed by atoms with van der Waals surface area (Å²) in [6, 6.07) is 16.5. The summed E-state index contributed by atoms with van der Waals surface area (Å²) in [4.78, 5) is 0. The van der Waals surface area contributed by atoms with Gasteiger partial charge in [0.2, 0.25) is 0 Å². The van der Waals surface area contributed by atoms with Crippen LogP contribution in [0.4, 0.5) is 0 Å². The minimum Gasteiger partial charge on any atom is -0.497 e. The van der Waals surface area contributed by atoms with Crippen molar-refractivity contribution < 1.29 is 28.4 Å². The molecule has 3 heterocycles. The highest BCUT2D eigenvalue weighted by Gasteiger charge is 2.27. The highest BCUT2D eigenvalue weighted by atomic mass is 16.6. The fourth-order valence-electron chi connectivity index (χ4n) is 3.65. The number of epoxide rings is 3. The number of hydrogen-bond donors (Lipinski definition) is 0. The third kappa shape index (κ3) is 8.78. The largest absolute Gasteiger partial charge is 0.497 e. The van der Waals surface area contributed by atoms with E-state index in [1.165, 1.54) is 0 Å². The normalized spacial score (nSPS) is 23.7. The number of allylic oxidation sites excluding steroid dienone is 5. The van der Waals surface area contributed by atoms with E-state index in [1.807, 2.05) is 49.4 Å². The van der Waals surface area contributed by atoms with Gasteiger partial charge in [-0.05, 0) is 68.3 Å². The molecule has 0 saturated carbocycles. The lowest BCUT2D eigenvalue weighted by Gasteiger charge is -2.28. The molecule has 0 amide bonds. The molecule has 2 aromatic rings. The van der Waals surface area contributed by atoms with E-state index in [9.17, 15) is 0 Å². The van der Waals surface area contributed by atoms with E-state index in [1.54, 1.807) is 7.11 Å². The second kappa shape index (κ2) is 13.0. The van der Waals surface area contributed by atoms with Crippen molar-refractivity contribution in [3.05, 3.63) is 95.8 Å². The molecule has 3 saturated heterocycles. The van der Waals surface area contributed by atoms with Crippen molar-refractivity contribution >= 4 is 0 Å². The maximum atomic E-state index is 5.88. The average Bonchev–Trinajstić information content (AvgIpc) is 3.76. The average molecular weight is 507 g/mol. The zero-order chi connectivity index (χ0) is 26.1. The van der Waals surface area contributed by atoms with E-state index in [0.29, 0.717) is 19.3 Å². The summed E-state index contributed by atoms with van der Waals surface area (Å²) >= 11 is 0. The van der Waals surface area contributed by atoms with Gasteiger partial charge in [0.05, 0.1) is 33.0 Å². The monoisotopic (exact) mass is 506 g/mol. The van der Waals surface area contributed by atoms with Crippen LogP contribution in [0.3, 0.4) is 0 Å². The second-order valence-electron chi connectivity index (χ2n) is 9.56. The lowest BCUT2D eigenvalue weighted by atomic mass is 9.76. The van der Waals surface area contributed by atoms with Crippen LogP contribution < -0.4 is 9.47 Å². The van der Waals surface area contributed by atoms with Gasteiger partial charge in [-0.3, -0.25) is 0 Å². The molecule has 198 valence electrons. The molecule has 3 aliphatic rings. The Hall–Kier alpha value is -3.06. The fourth-order valence-corrected chi connectivity index (χ4v) is 3.65. The Morgan fingerprint density at radius 3 is 1.92 bits per heavy atom. The van der Waals surface area contributed by atoms with Crippen LogP contribution in [0, 0.1) is 0 Å². The zero-order valence-corrected chi connectivity index (χ0v) is 22.2. The minimum atomic E-state index is -0.360. The molecule has 3 fully saturated rings. The van der Waals surface area contributed by atoms with Crippen molar-refractivity contribution in [1.29, 1.82) is 0 Å². The molecular formula is C31H38O6. The van der Waals surface area contributed by atoms with E-state index < -0.39 is 0 Å². The highest BCUT2D eigenvalue weighted by Crippen LogP contribution is 2.35. The maximum Gasteiger partial charge on any atom is 0.119 e. The van der Waals surface area contributed by atoms with Crippen LogP contribution in [0.1, 0.15) is 31.9 Å². The van der Waals surface area contributed by atoms with Crippen molar-refractivity contribution in [3.63, 3.8) is 0 Å². The number of methoxy groups -OCH3 is 1. The molecule has 4 atom stereocenters. The number of hydrogen-bond acceptors (Lipinski definition) is 6. The number of ether oxygens (including phenoxy) is 6. The van der Waals surface area contributed by atoms with Crippen LogP contribution in [0.2, 0.25) is 0 Å². The number of benzene rings is 2. The van der Waals surface area contributed by atoms with Crippen molar-refractivity contribution in [2.75, 3.05) is 40.1 Å². The minimum absolute atomic E-state index is 0.222. The summed E-state index contributed by atoms with van der Waals surface area (Å²) in [6.45, 7) is 9.98. The molecule has 0 radical (unpaired) electrons. The Morgan fingerprint density at radius 1 is 0.892 bits per heavy atom. The van der Waals surface area contributed by atoms with Crippen molar-refractivity contribution in [2.45, 2.75) is 44.5 Å². The van der Waals surface area contributed by atoms with Gasteiger partial charge in [-0.1, -0.05) is 42.5 Å². The first-order valence-corrected chi connectivity index (χ1v) is 12.9. The van der Waals surface area contributed by atoms with Crippen LogP contribution in [-0.4, -0.2) is 58.5 Å². The van der Waals surface area contributed by atoms with E-state index in [2.05, 4.69) is 50.3 Å². The van der Waals surface area contributed by atoms with Gasteiger partial charge in [-0.2, -0.15) is 0 Å². The van der Waals surface area contributed by atoms with Crippen molar-refractivity contribution in [1.82, 2.24) is 0 Å². The molecule has 5 rings (SSSR count). The zero-order valence-electron chi connectivity index (χ0n) is 22.2. The second-order valence-corrected chi connectivity index (χ2v) is 9.56. The summed E-state index contributed by atoms with van der Waals surface area (Å²) in [5, 5.41) is 0. The van der Waals surface area contributed by atoms with Crippen LogP contribution in [0.15, 0.2) is 84.7 Å². The molecule has 37 heavy (non-hydrogen) atoms. The van der Waals surface area contributed by atoms with Gasteiger partial charge in [0.1, 0.15) is 42.7 Å². The van der Waals surface area contributed by atoms with Gasteiger partial charge in [0, 0.05) is 5.41 Å². The Morgan fingerprint density at radius 2 is 1.43 bits per heavy atom. The van der Waals surface area contributed by atoms with Crippen LogP contribution in [0.5, 0.6) is 11.5 Å². The lowest BCUT2D eigenvalue weighted by molar-refractivity contribution is 0.193. The fraction of sp³-hybridized carbons (Fsp3) is 0.419. The predicted octanol–water partition coefficient (Wildman–Crippen LogP) is 5.62. The Kier molecular flexibility index (Phi) is 9.45. The molecule has 0 N–H and O–H groups in total. The van der Waals surface area contributed by atoms with Crippen LogP contribution in [-0.2, 0) is 24.4 Å².